The highest BCUT2D eigenvalue weighted by Crippen LogP contribution is 2.30. The van der Waals surface area contributed by atoms with Crippen LogP contribution in [0.1, 0.15) is 21.6 Å². The largest absolute Gasteiger partial charge is 0.493 e. The van der Waals surface area contributed by atoms with Gasteiger partial charge in [0.1, 0.15) is 0 Å². The number of amides is 1. The van der Waals surface area contributed by atoms with Gasteiger partial charge in [0.15, 0.2) is 11.5 Å². The van der Waals surface area contributed by atoms with Crippen LogP contribution in [0, 0.1) is 6.92 Å². The van der Waals surface area contributed by atoms with Crippen LogP contribution in [0.5, 0.6) is 11.5 Å². The molecule has 32 heavy (non-hydrogen) atoms. The van der Waals surface area contributed by atoms with Crippen molar-refractivity contribution in [1.29, 1.82) is 0 Å². The van der Waals surface area contributed by atoms with Gasteiger partial charge in [-0.05, 0) is 42.8 Å². The van der Waals surface area contributed by atoms with Crippen molar-refractivity contribution in [2.24, 2.45) is 0 Å². The number of methoxy groups -OCH3 is 2. The summed E-state index contributed by atoms with van der Waals surface area (Å²) in [6.45, 7) is 2.12. The number of anilines is 1. The summed E-state index contributed by atoms with van der Waals surface area (Å²) in [6.07, 6.45) is 5.10. The SMILES string of the molecule is COc1ccc(NC(=O)c2cc3c(=O)n(Cc4cccnc4)ccc3nc2C)cc1OC. The first-order chi connectivity index (χ1) is 15.5. The molecule has 0 saturated carbocycles. The van der Waals surface area contributed by atoms with Crippen molar-refractivity contribution < 1.29 is 14.3 Å². The number of nitrogens with one attached hydrogen (secondary N) is 1. The Labute approximate surface area is 184 Å². The Morgan fingerprint density at radius 3 is 2.62 bits per heavy atom. The number of fused-ring (bicyclic) bond motifs is 1. The molecule has 0 aliphatic heterocycles. The van der Waals surface area contributed by atoms with Crippen LogP contribution in [-0.2, 0) is 6.54 Å². The molecule has 1 amide bonds. The number of pyridine rings is 3. The monoisotopic (exact) mass is 430 g/mol. The van der Waals surface area contributed by atoms with Gasteiger partial charge in [-0.25, -0.2) is 0 Å². The summed E-state index contributed by atoms with van der Waals surface area (Å²) in [5, 5.41) is 3.21. The summed E-state index contributed by atoms with van der Waals surface area (Å²) in [5.74, 6) is 0.686. The second-order valence-corrected chi connectivity index (χ2v) is 7.19. The molecule has 1 aromatic carbocycles. The van der Waals surface area contributed by atoms with Gasteiger partial charge in [-0.1, -0.05) is 6.07 Å². The van der Waals surface area contributed by atoms with E-state index in [1.54, 1.807) is 67.5 Å². The second-order valence-electron chi connectivity index (χ2n) is 7.19. The van der Waals surface area contributed by atoms with Gasteiger partial charge >= 0.3 is 0 Å². The van der Waals surface area contributed by atoms with E-state index in [9.17, 15) is 9.59 Å². The van der Waals surface area contributed by atoms with Crippen molar-refractivity contribution in [3.63, 3.8) is 0 Å². The number of hydrogen-bond acceptors (Lipinski definition) is 6. The number of carbonyl (C=O) groups excluding carboxylic acids is 1. The smallest absolute Gasteiger partial charge is 0.260 e. The maximum Gasteiger partial charge on any atom is 0.260 e. The van der Waals surface area contributed by atoms with Gasteiger partial charge in [0, 0.05) is 30.3 Å². The molecule has 3 aromatic heterocycles. The van der Waals surface area contributed by atoms with Crippen molar-refractivity contribution in [1.82, 2.24) is 14.5 Å². The molecular formula is C24H22N4O4. The van der Waals surface area contributed by atoms with Crippen LogP contribution in [0.4, 0.5) is 5.69 Å². The van der Waals surface area contributed by atoms with Crippen molar-refractivity contribution in [2.75, 3.05) is 19.5 Å². The maximum atomic E-state index is 13.1. The number of carbonyl (C=O) groups is 1. The second kappa shape index (κ2) is 8.89. The Hall–Kier alpha value is -4.20. The van der Waals surface area contributed by atoms with Crippen molar-refractivity contribution >= 4 is 22.5 Å². The molecule has 0 radical (unpaired) electrons. The normalized spacial score (nSPS) is 10.7. The van der Waals surface area contributed by atoms with Crippen molar-refractivity contribution in [3.8, 4) is 11.5 Å². The number of ether oxygens (including phenoxy) is 2. The standard InChI is InChI=1S/C24H22N4O4/c1-15-18(23(29)27-17-6-7-21(31-2)22(11-17)32-3)12-19-20(26-15)8-10-28(24(19)30)14-16-5-4-9-25-13-16/h4-13H,14H2,1-3H3,(H,27,29). The van der Waals surface area contributed by atoms with Gasteiger partial charge in [0.25, 0.3) is 11.5 Å². The molecule has 8 heteroatoms. The van der Waals surface area contributed by atoms with E-state index in [0.717, 1.165) is 5.56 Å². The summed E-state index contributed by atoms with van der Waals surface area (Å²) in [6, 6.07) is 12.2. The molecular weight excluding hydrogens is 408 g/mol. The lowest BCUT2D eigenvalue weighted by atomic mass is 10.1. The molecule has 4 aromatic rings. The predicted molar refractivity (Wildman–Crippen MR) is 122 cm³/mol. The van der Waals surface area contributed by atoms with Crippen LogP contribution < -0.4 is 20.3 Å². The molecule has 1 N–H and O–H groups in total. The molecule has 162 valence electrons. The van der Waals surface area contributed by atoms with Crippen LogP contribution in [-0.4, -0.2) is 34.7 Å². The van der Waals surface area contributed by atoms with E-state index >= 15 is 0 Å². The molecule has 0 aliphatic rings. The Kier molecular flexibility index (Phi) is 5.85. The Morgan fingerprint density at radius 2 is 1.91 bits per heavy atom. The lowest BCUT2D eigenvalue weighted by Crippen LogP contribution is -2.22. The van der Waals surface area contributed by atoms with Gasteiger partial charge in [-0.2, -0.15) is 0 Å². The van der Waals surface area contributed by atoms with Crippen LogP contribution in [0.15, 0.2) is 65.8 Å². The molecule has 0 unspecified atom stereocenters. The fraction of sp³-hybridized carbons (Fsp3) is 0.167. The van der Waals surface area contributed by atoms with E-state index in [2.05, 4.69) is 15.3 Å². The highest BCUT2D eigenvalue weighted by molar-refractivity contribution is 6.06. The minimum absolute atomic E-state index is 0.223. The molecule has 0 bridgehead atoms. The molecule has 0 saturated heterocycles. The third kappa shape index (κ3) is 4.15. The van der Waals surface area contributed by atoms with Crippen LogP contribution in [0.25, 0.3) is 10.9 Å². The van der Waals surface area contributed by atoms with Crippen molar-refractivity contribution in [3.05, 3.63) is 88.2 Å². The van der Waals surface area contributed by atoms with Gasteiger partial charge in [-0.3, -0.25) is 19.6 Å². The summed E-state index contributed by atoms with van der Waals surface area (Å²) in [4.78, 5) is 34.6. The van der Waals surface area contributed by atoms with E-state index in [-0.39, 0.29) is 11.5 Å². The number of hydrogen-bond donors (Lipinski definition) is 1. The first-order valence-electron chi connectivity index (χ1n) is 9.93. The highest BCUT2D eigenvalue weighted by atomic mass is 16.5. The summed E-state index contributed by atoms with van der Waals surface area (Å²) < 4.78 is 12.1. The van der Waals surface area contributed by atoms with Crippen molar-refractivity contribution in [2.45, 2.75) is 13.5 Å². The van der Waals surface area contributed by atoms with Gasteiger partial charge in [0.2, 0.25) is 0 Å². The number of nitrogens with zero attached hydrogens (tertiary/aromatic N) is 3. The molecule has 4 rings (SSSR count). The summed E-state index contributed by atoms with van der Waals surface area (Å²) in [5.41, 5.74) is 2.61. The topological polar surface area (TPSA) is 95.3 Å². The average Bonchev–Trinajstić information content (AvgIpc) is 2.81. The Morgan fingerprint density at radius 1 is 1.09 bits per heavy atom. The summed E-state index contributed by atoms with van der Waals surface area (Å²) in [7, 11) is 3.07. The lowest BCUT2D eigenvalue weighted by Gasteiger charge is -2.12. The predicted octanol–water partition coefficient (Wildman–Crippen LogP) is 3.42. The zero-order valence-electron chi connectivity index (χ0n) is 18.0. The maximum absolute atomic E-state index is 13.1. The molecule has 0 spiro atoms. The molecule has 3 heterocycles. The van der Waals surface area contributed by atoms with Crippen LogP contribution in [0.3, 0.4) is 0 Å². The van der Waals surface area contributed by atoms with E-state index in [1.165, 1.54) is 7.11 Å². The van der Waals surface area contributed by atoms with Gasteiger partial charge in [-0.15, -0.1) is 0 Å². The van der Waals surface area contributed by atoms with Crippen LogP contribution in [0.2, 0.25) is 0 Å². The van der Waals surface area contributed by atoms with Crippen LogP contribution >= 0.6 is 0 Å². The van der Waals surface area contributed by atoms with Gasteiger partial charge < -0.3 is 19.4 Å². The molecule has 8 nitrogen and oxygen atoms in total. The minimum Gasteiger partial charge on any atom is -0.493 e. The molecule has 0 fully saturated rings. The lowest BCUT2D eigenvalue weighted by molar-refractivity contribution is 0.102. The molecule has 0 atom stereocenters. The third-order valence-electron chi connectivity index (χ3n) is 5.11. The minimum atomic E-state index is -0.369. The fourth-order valence-corrected chi connectivity index (χ4v) is 3.46. The first-order valence-corrected chi connectivity index (χ1v) is 9.93. The number of aromatic nitrogens is 3. The summed E-state index contributed by atoms with van der Waals surface area (Å²) >= 11 is 0. The zero-order chi connectivity index (χ0) is 22.7. The Bertz CT molecular complexity index is 1350. The van der Waals surface area contributed by atoms with E-state index < -0.39 is 0 Å². The van der Waals surface area contributed by atoms with E-state index in [4.69, 9.17) is 9.47 Å². The molecule has 0 aliphatic carbocycles. The number of benzene rings is 1. The third-order valence-corrected chi connectivity index (χ3v) is 5.11. The first kappa shape index (κ1) is 21.0. The van der Waals surface area contributed by atoms with Gasteiger partial charge in [0.05, 0.1) is 42.9 Å². The quantitative estimate of drug-likeness (QED) is 0.504. The fourth-order valence-electron chi connectivity index (χ4n) is 3.46. The number of rotatable bonds is 6. The zero-order valence-corrected chi connectivity index (χ0v) is 18.0. The highest BCUT2D eigenvalue weighted by Gasteiger charge is 2.15. The number of aryl methyl sites for hydroxylation is 1. The Balaban J connectivity index is 1.68. The van der Waals surface area contributed by atoms with E-state index in [1.807, 2.05) is 12.1 Å². The average molecular weight is 430 g/mol. The van der Waals surface area contributed by atoms with E-state index in [0.29, 0.717) is 45.9 Å².